The largest absolute Gasteiger partial charge is 0.168 e. The minimum absolute atomic E-state index is 0. The van der Waals surface area contributed by atoms with Crippen molar-refractivity contribution in [2.75, 3.05) is 0 Å². The number of hydrogen-bond donors (Lipinski definition) is 0. The molecule has 22 heavy (non-hydrogen) atoms. The van der Waals surface area contributed by atoms with Gasteiger partial charge < -0.3 is 0 Å². The molecule has 4 rings (SSSR count). The molecule has 0 bridgehead atoms. The summed E-state index contributed by atoms with van der Waals surface area (Å²) in [6, 6.07) is 27.7. The zero-order valence-corrected chi connectivity index (χ0v) is 16.7. The maximum Gasteiger partial charge on any atom is 0 e. The summed E-state index contributed by atoms with van der Waals surface area (Å²) in [5.41, 5.74) is 1.44. The first kappa shape index (κ1) is 16.9. The molecule has 110 valence electrons. The van der Waals surface area contributed by atoms with E-state index in [-0.39, 0.29) is 25.8 Å². The minimum Gasteiger partial charge on any atom is -0.168 e. The van der Waals surface area contributed by atoms with Crippen molar-refractivity contribution in [3.63, 3.8) is 0 Å². The first-order valence-corrected chi connectivity index (χ1v) is 7.50. The molecule has 0 atom stereocenters. The van der Waals surface area contributed by atoms with Gasteiger partial charge >= 0.3 is 0 Å². The van der Waals surface area contributed by atoms with Crippen molar-refractivity contribution in [3.8, 4) is 0 Å². The molecule has 0 aliphatic rings. The van der Waals surface area contributed by atoms with Crippen LogP contribution in [-0.4, -0.2) is 0 Å². The van der Waals surface area contributed by atoms with Gasteiger partial charge in [-0.25, -0.2) is 0 Å². The second kappa shape index (κ2) is 7.69. The van der Waals surface area contributed by atoms with Gasteiger partial charge in [0.25, 0.3) is 0 Å². The molecule has 0 unspecified atom stereocenters. The second-order valence-corrected chi connectivity index (χ2v) is 5.73. The molecule has 0 heterocycles. The van der Waals surface area contributed by atoms with Crippen LogP contribution in [0.3, 0.4) is 0 Å². The van der Waals surface area contributed by atoms with Crippen molar-refractivity contribution >= 4 is 21.5 Å². The molecular weight excluding hydrogens is 431 g/mol. The van der Waals surface area contributed by atoms with E-state index in [4.69, 9.17) is 0 Å². The van der Waals surface area contributed by atoms with Gasteiger partial charge in [-0.15, -0.1) is 70.3 Å². The van der Waals surface area contributed by atoms with E-state index in [0.29, 0.717) is 5.92 Å². The van der Waals surface area contributed by atoms with Crippen LogP contribution in [0.5, 0.6) is 0 Å². The summed E-state index contributed by atoms with van der Waals surface area (Å²) in [6.07, 6.45) is 0. The summed E-state index contributed by atoms with van der Waals surface area (Å²) in [5.74, 6) is 0.636. The molecule has 4 aromatic carbocycles. The monoisotopic (exact) mass is 452 g/mol. The zero-order valence-electron chi connectivity index (χ0n) is 13.1. The number of fused-ring (bicyclic) bond motifs is 2. The maximum absolute atomic E-state index is 2.28. The third-order valence-electron chi connectivity index (χ3n) is 3.85. The third-order valence-corrected chi connectivity index (χ3v) is 3.85. The van der Waals surface area contributed by atoms with Crippen LogP contribution in [0.2, 0.25) is 0 Å². The molecule has 4 aromatic rings. The Morgan fingerprint density at radius 2 is 1.41 bits per heavy atom. The minimum atomic E-state index is 0. The molecule has 0 aliphatic carbocycles. The Hall–Kier alpha value is -1.47. The van der Waals surface area contributed by atoms with E-state index in [1.54, 1.807) is 0 Å². The van der Waals surface area contributed by atoms with Gasteiger partial charge in [0.1, 0.15) is 0 Å². The van der Waals surface area contributed by atoms with Crippen LogP contribution in [0.25, 0.3) is 21.5 Å². The van der Waals surface area contributed by atoms with E-state index in [2.05, 4.69) is 92.7 Å². The second-order valence-electron chi connectivity index (χ2n) is 5.73. The normalized spacial score (nSPS) is 10.3. The Morgan fingerprint density at radius 3 is 2.05 bits per heavy atom. The van der Waals surface area contributed by atoms with Crippen molar-refractivity contribution in [3.05, 3.63) is 84.4 Å². The van der Waals surface area contributed by atoms with Crippen LogP contribution in [0.1, 0.15) is 25.3 Å². The fourth-order valence-corrected chi connectivity index (χ4v) is 2.58. The summed E-state index contributed by atoms with van der Waals surface area (Å²) in [5, 5.41) is 5.39. The molecule has 0 amide bonds. The van der Waals surface area contributed by atoms with Crippen molar-refractivity contribution in [2.45, 2.75) is 19.8 Å². The Labute approximate surface area is 151 Å². The zero-order chi connectivity index (χ0) is 14.7. The number of hydrogen-bond acceptors (Lipinski definition) is 0. The summed E-state index contributed by atoms with van der Waals surface area (Å²) < 4.78 is 0. The van der Waals surface area contributed by atoms with E-state index >= 15 is 0 Å². The van der Waals surface area contributed by atoms with Gasteiger partial charge in [0.2, 0.25) is 0 Å². The smallest absolute Gasteiger partial charge is 0 e. The number of rotatable bonds is 1. The first-order valence-electron chi connectivity index (χ1n) is 7.50. The van der Waals surface area contributed by atoms with Crippen molar-refractivity contribution < 1.29 is 25.8 Å². The SMILES string of the molecule is CC(C)c1cc2ccccc2[cH-]1.[Hf].c1ccc2[cH-]ccc2c1. The Morgan fingerprint density at radius 1 is 0.773 bits per heavy atom. The molecule has 0 spiro atoms. The Kier molecular flexibility index (Phi) is 5.90. The Bertz CT molecular complexity index is 770. The van der Waals surface area contributed by atoms with Crippen LogP contribution in [-0.2, 0) is 25.8 Å². The van der Waals surface area contributed by atoms with Gasteiger partial charge in [-0.05, 0) is 5.92 Å². The number of benzene rings is 2. The van der Waals surface area contributed by atoms with Gasteiger partial charge in [0, 0.05) is 25.8 Å². The molecule has 0 fully saturated rings. The molecule has 0 saturated heterocycles. The van der Waals surface area contributed by atoms with Gasteiger partial charge in [-0.1, -0.05) is 26.0 Å². The summed E-state index contributed by atoms with van der Waals surface area (Å²) in [4.78, 5) is 0. The standard InChI is InChI=1S/C12H13.C9H7.Hf/c1-9(2)12-7-10-5-3-4-6-11(10)8-12;1-2-5-9-7-3-6-8(9)4-1;/h3-9H,1-2H3;1-7H;/q2*-1;. The topological polar surface area (TPSA) is 0 Å². The molecule has 0 nitrogen and oxygen atoms in total. The van der Waals surface area contributed by atoms with Gasteiger partial charge in [-0.2, -0.15) is 23.6 Å². The van der Waals surface area contributed by atoms with Gasteiger partial charge in [0.05, 0.1) is 0 Å². The predicted molar refractivity (Wildman–Crippen MR) is 93.2 cm³/mol. The maximum atomic E-state index is 2.28. The van der Waals surface area contributed by atoms with Crippen molar-refractivity contribution in [1.82, 2.24) is 0 Å². The molecule has 0 aliphatic heterocycles. The molecular formula is C21H20Hf-2. The summed E-state index contributed by atoms with van der Waals surface area (Å²) in [6.45, 7) is 4.46. The fraction of sp³-hybridized carbons (Fsp3) is 0.143. The van der Waals surface area contributed by atoms with Crippen LogP contribution in [0.15, 0.2) is 78.9 Å². The summed E-state index contributed by atoms with van der Waals surface area (Å²) >= 11 is 0. The molecule has 0 radical (unpaired) electrons. The van der Waals surface area contributed by atoms with E-state index in [9.17, 15) is 0 Å². The molecule has 1 heteroatoms. The van der Waals surface area contributed by atoms with Crippen LogP contribution in [0, 0.1) is 0 Å². The van der Waals surface area contributed by atoms with Crippen molar-refractivity contribution in [1.29, 1.82) is 0 Å². The first-order chi connectivity index (χ1) is 10.2. The molecule has 0 N–H and O–H groups in total. The van der Waals surface area contributed by atoms with Crippen LogP contribution >= 0.6 is 0 Å². The predicted octanol–water partition coefficient (Wildman–Crippen LogP) is 6.24. The van der Waals surface area contributed by atoms with E-state index in [1.807, 2.05) is 0 Å². The van der Waals surface area contributed by atoms with Gasteiger partial charge in [-0.3, -0.25) is 0 Å². The molecule has 0 aromatic heterocycles. The molecule has 0 saturated carbocycles. The van der Waals surface area contributed by atoms with Crippen LogP contribution in [0.4, 0.5) is 0 Å². The fourth-order valence-electron chi connectivity index (χ4n) is 2.58. The average Bonchev–Trinajstić information content (AvgIpc) is 3.14. The summed E-state index contributed by atoms with van der Waals surface area (Å²) in [7, 11) is 0. The quantitative estimate of drug-likeness (QED) is 0.238. The van der Waals surface area contributed by atoms with E-state index in [0.717, 1.165) is 0 Å². The van der Waals surface area contributed by atoms with Gasteiger partial charge in [0.15, 0.2) is 0 Å². The van der Waals surface area contributed by atoms with E-state index < -0.39 is 0 Å². The Balaban J connectivity index is 0.000000159. The van der Waals surface area contributed by atoms with Crippen molar-refractivity contribution in [2.24, 2.45) is 0 Å². The average molecular weight is 451 g/mol. The third kappa shape index (κ3) is 3.84. The van der Waals surface area contributed by atoms with E-state index in [1.165, 1.54) is 27.1 Å². The van der Waals surface area contributed by atoms with Crippen LogP contribution < -0.4 is 0 Å².